The first-order chi connectivity index (χ1) is 8.10. The molecule has 0 bridgehead atoms. The Kier molecular flexibility index (Phi) is 3.33. The van der Waals surface area contributed by atoms with Gasteiger partial charge in [0.1, 0.15) is 5.82 Å². The molecule has 0 amide bonds. The number of aromatic nitrogens is 2. The van der Waals surface area contributed by atoms with Crippen molar-refractivity contribution in [3.05, 3.63) is 6.07 Å². The molecule has 94 valence electrons. The van der Waals surface area contributed by atoms with Crippen molar-refractivity contribution in [1.82, 2.24) is 9.97 Å². The fourth-order valence-electron chi connectivity index (χ4n) is 2.09. The van der Waals surface area contributed by atoms with Crippen LogP contribution in [0.2, 0.25) is 0 Å². The SMILES string of the molecule is COc1cc(N2CCC(C(C)O)C2)nc(N)n1. The molecule has 0 aromatic carbocycles. The molecule has 1 fully saturated rings. The van der Waals surface area contributed by atoms with Crippen LogP contribution in [-0.4, -0.2) is 41.4 Å². The van der Waals surface area contributed by atoms with Gasteiger partial charge in [-0.25, -0.2) is 0 Å². The highest BCUT2D eigenvalue weighted by Crippen LogP contribution is 2.26. The molecule has 6 heteroatoms. The summed E-state index contributed by atoms with van der Waals surface area (Å²) in [5, 5.41) is 9.56. The van der Waals surface area contributed by atoms with Crippen LogP contribution in [0.3, 0.4) is 0 Å². The molecule has 0 radical (unpaired) electrons. The predicted octanol–water partition coefficient (Wildman–Crippen LogP) is 0.274. The number of anilines is 2. The Bertz CT molecular complexity index is 397. The monoisotopic (exact) mass is 238 g/mol. The lowest BCUT2D eigenvalue weighted by Crippen LogP contribution is -2.25. The van der Waals surface area contributed by atoms with Crippen LogP contribution < -0.4 is 15.4 Å². The Morgan fingerprint density at radius 2 is 2.35 bits per heavy atom. The molecular weight excluding hydrogens is 220 g/mol. The topological polar surface area (TPSA) is 84.5 Å². The number of nitrogens with two attached hydrogens (primary N) is 1. The maximum atomic E-state index is 9.56. The lowest BCUT2D eigenvalue weighted by molar-refractivity contribution is 0.136. The Morgan fingerprint density at radius 3 is 2.94 bits per heavy atom. The number of ether oxygens (including phenoxy) is 1. The lowest BCUT2D eigenvalue weighted by atomic mass is 10.0. The first-order valence-corrected chi connectivity index (χ1v) is 5.71. The summed E-state index contributed by atoms with van der Waals surface area (Å²) in [7, 11) is 1.55. The van der Waals surface area contributed by atoms with Crippen LogP contribution in [0, 0.1) is 5.92 Å². The van der Waals surface area contributed by atoms with Gasteiger partial charge in [0.15, 0.2) is 0 Å². The van der Waals surface area contributed by atoms with Crippen LogP contribution in [-0.2, 0) is 0 Å². The number of rotatable bonds is 3. The summed E-state index contributed by atoms with van der Waals surface area (Å²) in [5.41, 5.74) is 5.62. The van der Waals surface area contributed by atoms with E-state index in [2.05, 4.69) is 14.9 Å². The summed E-state index contributed by atoms with van der Waals surface area (Å²) in [5.74, 6) is 1.72. The second-order valence-electron chi connectivity index (χ2n) is 4.36. The predicted molar refractivity (Wildman–Crippen MR) is 65.0 cm³/mol. The Balaban J connectivity index is 2.15. The van der Waals surface area contributed by atoms with Crippen molar-refractivity contribution in [2.75, 3.05) is 30.8 Å². The van der Waals surface area contributed by atoms with E-state index in [0.717, 1.165) is 25.3 Å². The van der Waals surface area contributed by atoms with E-state index in [1.807, 2.05) is 6.92 Å². The Labute approximate surface area is 100 Å². The molecule has 17 heavy (non-hydrogen) atoms. The summed E-state index contributed by atoms with van der Waals surface area (Å²) >= 11 is 0. The number of hydrogen-bond acceptors (Lipinski definition) is 6. The molecule has 0 spiro atoms. The van der Waals surface area contributed by atoms with E-state index < -0.39 is 0 Å². The van der Waals surface area contributed by atoms with E-state index in [0.29, 0.717) is 5.88 Å². The third kappa shape index (κ3) is 2.58. The van der Waals surface area contributed by atoms with Gasteiger partial charge < -0.3 is 20.5 Å². The van der Waals surface area contributed by atoms with E-state index in [9.17, 15) is 5.11 Å². The summed E-state index contributed by atoms with van der Waals surface area (Å²) in [6.45, 7) is 3.48. The maximum absolute atomic E-state index is 9.56. The molecule has 1 aliphatic heterocycles. The lowest BCUT2D eigenvalue weighted by Gasteiger charge is -2.19. The molecule has 0 saturated carbocycles. The summed E-state index contributed by atoms with van der Waals surface area (Å²) in [6.07, 6.45) is 0.672. The molecule has 2 heterocycles. The zero-order chi connectivity index (χ0) is 12.4. The first kappa shape index (κ1) is 11.9. The maximum Gasteiger partial charge on any atom is 0.225 e. The van der Waals surface area contributed by atoms with Crippen molar-refractivity contribution < 1.29 is 9.84 Å². The minimum Gasteiger partial charge on any atom is -0.481 e. The minimum atomic E-state index is -0.291. The quantitative estimate of drug-likeness (QED) is 0.786. The summed E-state index contributed by atoms with van der Waals surface area (Å²) < 4.78 is 5.06. The van der Waals surface area contributed by atoms with E-state index in [4.69, 9.17) is 10.5 Å². The fourth-order valence-corrected chi connectivity index (χ4v) is 2.09. The average molecular weight is 238 g/mol. The van der Waals surface area contributed by atoms with Gasteiger partial charge in [0, 0.05) is 25.1 Å². The van der Waals surface area contributed by atoms with Crippen LogP contribution >= 0.6 is 0 Å². The van der Waals surface area contributed by atoms with Crippen molar-refractivity contribution in [2.45, 2.75) is 19.4 Å². The van der Waals surface area contributed by atoms with Crippen molar-refractivity contribution in [1.29, 1.82) is 0 Å². The molecule has 1 aromatic heterocycles. The molecule has 3 N–H and O–H groups in total. The standard InChI is InChI=1S/C11H18N4O2/c1-7(16)8-3-4-15(6-8)9-5-10(17-2)14-11(12)13-9/h5,7-8,16H,3-4,6H2,1-2H3,(H2,12,13,14). The first-order valence-electron chi connectivity index (χ1n) is 5.71. The Morgan fingerprint density at radius 1 is 1.59 bits per heavy atom. The van der Waals surface area contributed by atoms with Crippen molar-refractivity contribution >= 4 is 11.8 Å². The zero-order valence-electron chi connectivity index (χ0n) is 10.1. The minimum absolute atomic E-state index is 0.208. The molecule has 1 saturated heterocycles. The zero-order valence-corrected chi connectivity index (χ0v) is 10.1. The molecule has 2 atom stereocenters. The van der Waals surface area contributed by atoms with Gasteiger partial charge in [0.25, 0.3) is 0 Å². The normalized spacial score (nSPS) is 21.6. The van der Waals surface area contributed by atoms with Crippen LogP contribution in [0.15, 0.2) is 6.07 Å². The van der Waals surface area contributed by atoms with Crippen molar-refractivity contribution in [2.24, 2.45) is 5.92 Å². The average Bonchev–Trinajstić information content (AvgIpc) is 2.77. The third-order valence-electron chi connectivity index (χ3n) is 3.15. The highest BCUT2D eigenvalue weighted by molar-refractivity contribution is 5.46. The molecule has 0 aliphatic carbocycles. The van der Waals surface area contributed by atoms with Gasteiger partial charge in [-0.15, -0.1) is 0 Å². The molecule has 2 unspecified atom stereocenters. The highest BCUT2D eigenvalue weighted by atomic mass is 16.5. The van der Waals surface area contributed by atoms with Gasteiger partial charge in [-0.05, 0) is 13.3 Å². The third-order valence-corrected chi connectivity index (χ3v) is 3.15. The summed E-state index contributed by atoms with van der Waals surface area (Å²) in [6, 6.07) is 1.76. The van der Waals surface area contributed by atoms with Gasteiger partial charge >= 0.3 is 0 Å². The molecule has 1 aromatic rings. The Hall–Kier alpha value is -1.56. The van der Waals surface area contributed by atoms with Crippen LogP contribution in [0.5, 0.6) is 5.88 Å². The van der Waals surface area contributed by atoms with Crippen molar-refractivity contribution in [3.8, 4) is 5.88 Å². The summed E-state index contributed by atoms with van der Waals surface area (Å²) in [4.78, 5) is 10.2. The highest BCUT2D eigenvalue weighted by Gasteiger charge is 2.27. The largest absolute Gasteiger partial charge is 0.481 e. The second kappa shape index (κ2) is 4.75. The number of methoxy groups -OCH3 is 1. The molecule has 6 nitrogen and oxygen atoms in total. The number of hydrogen-bond donors (Lipinski definition) is 2. The van der Waals surface area contributed by atoms with Gasteiger partial charge in [-0.3, -0.25) is 0 Å². The van der Waals surface area contributed by atoms with Gasteiger partial charge in [0.05, 0.1) is 13.2 Å². The van der Waals surface area contributed by atoms with Crippen molar-refractivity contribution in [3.63, 3.8) is 0 Å². The molecular formula is C11H18N4O2. The number of aliphatic hydroxyl groups excluding tert-OH is 1. The number of nitrogens with zero attached hydrogens (tertiary/aromatic N) is 3. The van der Waals surface area contributed by atoms with E-state index in [1.165, 1.54) is 0 Å². The number of nitrogen functional groups attached to an aromatic ring is 1. The van der Waals surface area contributed by atoms with Crippen LogP contribution in [0.4, 0.5) is 11.8 Å². The van der Waals surface area contributed by atoms with Gasteiger partial charge in [0.2, 0.25) is 11.8 Å². The molecule has 1 aliphatic rings. The van der Waals surface area contributed by atoms with E-state index in [-0.39, 0.29) is 18.0 Å². The van der Waals surface area contributed by atoms with Gasteiger partial charge in [-0.1, -0.05) is 0 Å². The molecule has 2 rings (SSSR count). The number of aliphatic hydroxyl groups is 1. The smallest absolute Gasteiger partial charge is 0.225 e. The van der Waals surface area contributed by atoms with E-state index in [1.54, 1.807) is 13.2 Å². The van der Waals surface area contributed by atoms with Crippen LogP contribution in [0.25, 0.3) is 0 Å². The van der Waals surface area contributed by atoms with Crippen LogP contribution in [0.1, 0.15) is 13.3 Å². The second-order valence-corrected chi connectivity index (χ2v) is 4.36. The fraction of sp³-hybridized carbons (Fsp3) is 0.636. The van der Waals surface area contributed by atoms with Gasteiger partial charge in [-0.2, -0.15) is 9.97 Å². The van der Waals surface area contributed by atoms with E-state index >= 15 is 0 Å².